The van der Waals surface area contributed by atoms with Crippen molar-refractivity contribution >= 4 is 28.4 Å². The fourth-order valence-electron chi connectivity index (χ4n) is 1.28. The maximum absolute atomic E-state index is 12.0. The zero-order valence-electron chi connectivity index (χ0n) is 10.4. The Labute approximate surface area is 106 Å². The van der Waals surface area contributed by atoms with E-state index in [-0.39, 0.29) is 16.2 Å². The predicted octanol–water partition coefficient (Wildman–Crippen LogP) is -1.58. The number of pyridine rings is 1. The molecule has 5 N–H and O–H groups in total. The number of sulfonamides is 1. The van der Waals surface area contributed by atoms with Crippen molar-refractivity contribution in [2.75, 3.05) is 5.73 Å². The van der Waals surface area contributed by atoms with Crippen LogP contribution in [0.3, 0.4) is 0 Å². The predicted molar refractivity (Wildman–Crippen MR) is 68.5 cm³/mol. The quantitative estimate of drug-likeness (QED) is 0.492. The van der Waals surface area contributed by atoms with Crippen LogP contribution in [0.4, 0.5) is 5.82 Å². The van der Waals surface area contributed by atoms with E-state index in [0.29, 0.717) is 0 Å². The van der Waals surface area contributed by atoms with Crippen molar-refractivity contribution in [3.05, 3.63) is 12.3 Å². The van der Waals surface area contributed by atoms with Crippen LogP contribution in [0.25, 0.3) is 0 Å². The molecule has 0 aliphatic rings. The van der Waals surface area contributed by atoms with E-state index in [4.69, 9.17) is 15.8 Å². The summed E-state index contributed by atoms with van der Waals surface area (Å²) in [5, 5.41) is 18.0. The highest BCUT2D eigenvalue weighted by atomic mass is 32.2. The monoisotopic (exact) mass is 273 g/mol. The molecule has 0 aromatic carbocycles. The minimum absolute atomic E-state index is 0.0431. The molecule has 0 bridgehead atoms. The minimum Gasteiger partial charge on any atom is -0.423 e. The standard InChI is InChI=1S/C9H16BN3O4S/c1-9(2,3)13-18(16,17)7-4-6(10(14)15)5-12-8(7)11/h4-5,13-15H,1-3H3,(H2,11,12). The summed E-state index contributed by atoms with van der Waals surface area (Å²) in [7, 11) is -5.67. The van der Waals surface area contributed by atoms with E-state index < -0.39 is 22.7 Å². The van der Waals surface area contributed by atoms with Crippen molar-refractivity contribution in [3.8, 4) is 0 Å². The second-order valence-electron chi connectivity index (χ2n) is 4.88. The molecule has 0 fully saturated rings. The first-order chi connectivity index (χ1) is 8.03. The SMILES string of the molecule is CC(C)(C)NS(=O)(=O)c1cc(B(O)O)cnc1N. The van der Waals surface area contributed by atoms with Gasteiger partial charge in [0.25, 0.3) is 0 Å². The third-order valence-electron chi connectivity index (χ3n) is 1.93. The van der Waals surface area contributed by atoms with Gasteiger partial charge < -0.3 is 15.8 Å². The molecule has 1 rings (SSSR count). The fraction of sp³-hybridized carbons (Fsp3) is 0.444. The summed E-state index contributed by atoms with van der Waals surface area (Å²) in [6, 6.07) is 1.08. The third kappa shape index (κ3) is 3.67. The van der Waals surface area contributed by atoms with Gasteiger partial charge in [0.05, 0.1) is 0 Å². The number of aromatic nitrogens is 1. The van der Waals surface area contributed by atoms with Gasteiger partial charge in [-0.1, -0.05) is 0 Å². The lowest BCUT2D eigenvalue weighted by atomic mass is 9.82. The number of anilines is 1. The van der Waals surface area contributed by atoms with Gasteiger partial charge in [-0.15, -0.1) is 0 Å². The van der Waals surface area contributed by atoms with Crippen LogP contribution in [-0.2, 0) is 10.0 Å². The molecule has 18 heavy (non-hydrogen) atoms. The molecule has 1 aromatic heterocycles. The number of nitrogen functional groups attached to an aromatic ring is 1. The molecule has 0 saturated heterocycles. The molecular formula is C9H16BN3O4S. The van der Waals surface area contributed by atoms with Crippen LogP contribution in [0, 0.1) is 0 Å². The van der Waals surface area contributed by atoms with Gasteiger partial charge >= 0.3 is 7.12 Å². The molecule has 0 aliphatic carbocycles. The number of rotatable bonds is 3. The summed E-state index contributed by atoms with van der Waals surface area (Å²) in [6.07, 6.45) is 1.11. The summed E-state index contributed by atoms with van der Waals surface area (Å²) in [5.74, 6) is -0.198. The van der Waals surface area contributed by atoms with Crippen LogP contribution >= 0.6 is 0 Å². The molecule has 0 atom stereocenters. The first-order valence-electron chi connectivity index (χ1n) is 5.18. The van der Waals surface area contributed by atoms with Crippen LogP contribution in [0.2, 0.25) is 0 Å². The summed E-state index contributed by atoms with van der Waals surface area (Å²) < 4.78 is 26.5. The van der Waals surface area contributed by atoms with Gasteiger partial charge in [-0.05, 0) is 26.8 Å². The van der Waals surface area contributed by atoms with Crippen LogP contribution in [0.5, 0.6) is 0 Å². The molecule has 1 heterocycles. The summed E-state index contributed by atoms with van der Waals surface area (Å²) in [5.41, 5.74) is 4.78. The number of nitrogens with one attached hydrogen (secondary N) is 1. The Hall–Kier alpha value is -1.16. The topological polar surface area (TPSA) is 126 Å². The summed E-state index contributed by atoms with van der Waals surface area (Å²) in [6.45, 7) is 5.04. The van der Waals surface area contributed by atoms with Gasteiger partial charge in [-0.3, -0.25) is 0 Å². The maximum Gasteiger partial charge on any atom is 0.490 e. The first kappa shape index (κ1) is 14.9. The van der Waals surface area contributed by atoms with E-state index in [1.165, 1.54) is 0 Å². The molecule has 0 amide bonds. The maximum atomic E-state index is 12.0. The molecule has 1 aromatic rings. The molecule has 0 radical (unpaired) electrons. The van der Waals surface area contributed by atoms with E-state index in [9.17, 15) is 8.42 Å². The third-order valence-corrected chi connectivity index (χ3v) is 3.72. The van der Waals surface area contributed by atoms with Gasteiger partial charge in [0.15, 0.2) is 0 Å². The molecule has 7 nitrogen and oxygen atoms in total. The Balaban J connectivity index is 3.28. The van der Waals surface area contributed by atoms with E-state index in [2.05, 4.69) is 9.71 Å². The Bertz CT molecular complexity index is 539. The number of nitrogens with two attached hydrogens (primary N) is 1. The highest BCUT2D eigenvalue weighted by Gasteiger charge is 2.26. The zero-order chi connectivity index (χ0) is 14.1. The lowest BCUT2D eigenvalue weighted by Gasteiger charge is -2.21. The van der Waals surface area contributed by atoms with Crippen LogP contribution in [0.1, 0.15) is 20.8 Å². The van der Waals surface area contributed by atoms with Crippen molar-refractivity contribution in [2.24, 2.45) is 0 Å². The lowest BCUT2D eigenvalue weighted by Crippen LogP contribution is -2.41. The normalized spacial score (nSPS) is 12.5. The van der Waals surface area contributed by atoms with Gasteiger partial charge in [0, 0.05) is 17.2 Å². The Morgan fingerprint density at radius 3 is 2.39 bits per heavy atom. The average Bonchev–Trinajstić information content (AvgIpc) is 2.13. The van der Waals surface area contributed by atoms with E-state index >= 15 is 0 Å². The Morgan fingerprint density at radius 1 is 1.39 bits per heavy atom. The average molecular weight is 273 g/mol. The number of hydrogen-bond acceptors (Lipinski definition) is 6. The van der Waals surface area contributed by atoms with E-state index in [0.717, 1.165) is 12.3 Å². The Kier molecular flexibility index (Phi) is 4.01. The van der Waals surface area contributed by atoms with Crippen LogP contribution < -0.4 is 15.9 Å². The van der Waals surface area contributed by atoms with Gasteiger partial charge in [-0.2, -0.15) is 0 Å². The molecular weight excluding hydrogens is 257 g/mol. The van der Waals surface area contributed by atoms with E-state index in [1.807, 2.05) is 0 Å². The minimum atomic E-state index is -3.86. The van der Waals surface area contributed by atoms with Crippen molar-refractivity contribution in [2.45, 2.75) is 31.2 Å². The molecule has 100 valence electrons. The van der Waals surface area contributed by atoms with Crippen LogP contribution in [-0.4, -0.2) is 36.1 Å². The second kappa shape index (κ2) is 4.85. The van der Waals surface area contributed by atoms with Crippen molar-refractivity contribution in [1.82, 2.24) is 9.71 Å². The largest absolute Gasteiger partial charge is 0.490 e. The van der Waals surface area contributed by atoms with E-state index in [1.54, 1.807) is 20.8 Å². The molecule has 0 aliphatic heterocycles. The van der Waals surface area contributed by atoms with Gasteiger partial charge in [0.1, 0.15) is 10.7 Å². The second-order valence-corrected chi connectivity index (χ2v) is 6.53. The molecule has 0 saturated carbocycles. The van der Waals surface area contributed by atoms with Gasteiger partial charge in [0.2, 0.25) is 10.0 Å². The van der Waals surface area contributed by atoms with Crippen molar-refractivity contribution in [1.29, 1.82) is 0 Å². The van der Waals surface area contributed by atoms with Crippen molar-refractivity contribution in [3.63, 3.8) is 0 Å². The molecule has 0 spiro atoms. The smallest absolute Gasteiger partial charge is 0.423 e. The number of hydrogen-bond donors (Lipinski definition) is 4. The van der Waals surface area contributed by atoms with Crippen LogP contribution in [0.15, 0.2) is 17.2 Å². The highest BCUT2D eigenvalue weighted by molar-refractivity contribution is 7.89. The Morgan fingerprint density at radius 2 is 1.94 bits per heavy atom. The van der Waals surface area contributed by atoms with Crippen molar-refractivity contribution < 1.29 is 18.5 Å². The number of nitrogens with zero attached hydrogens (tertiary/aromatic N) is 1. The first-order valence-corrected chi connectivity index (χ1v) is 6.67. The molecule has 9 heteroatoms. The highest BCUT2D eigenvalue weighted by Crippen LogP contribution is 2.16. The summed E-state index contributed by atoms with van der Waals surface area (Å²) >= 11 is 0. The zero-order valence-corrected chi connectivity index (χ0v) is 11.2. The van der Waals surface area contributed by atoms with Gasteiger partial charge in [-0.25, -0.2) is 18.1 Å². The lowest BCUT2D eigenvalue weighted by molar-refractivity contribution is 0.425. The fourth-order valence-corrected chi connectivity index (χ4v) is 2.82. The summed E-state index contributed by atoms with van der Waals surface area (Å²) in [4.78, 5) is 3.36. The molecule has 0 unspecified atom stereocenters.